The number of carbonyl (C=O) groups is 1. The highest BCUT2D eigenvalue weighted by atomic mass is 35.5. The maximum atomic E-state index is 13.2. The molecule has 0 N–H and O–H groups in total. The van der Waals surface area contributed by atoms with Gasteiger partial charge in [0.1, 0.15) is 0 Å². The molecule has 0 aliphatic carbocycles. The fourth-order valence-electron chi connectivity index (χ4n) is 3.41. The summed E-state index contributed by atoms with van der Waals surface area (Å²) in [5.74, 6) is -0.232. The molecule has 0 radical (unpaired) electrons. The van der Waals surface area contributed by atoms with E-state index < -0.39 is 11.2 Å². The summed E-state index contributed by atoms with van der Waals surface area (Å²) in [5.41, 5.74) is 0.0349. The fraction of sp³-hybridized carbons (Fsp3) is 0.182. The van der Waals surface area contributed by atoms with E-state index in [1.165, 1.54) is 22.6 Å². The van der Waals surface area contributed by atoms with Crippen molar-refractivity contribution in [3.63, 3.8) is 0 Å². The van der Waals surface area contributed by atoms with Crippen molar-refractivity contribution in [1.29, 1.82) is 0 Å². The Morgan fingerprint density at radius 1 is 1.06 bits per heavy atom. The van der Waals surface area contributed by atoms with Crippen LogP contribution in [-0.2, 0) is 17.8 Å². The molecule has 0 saturated carbocycles. The van der Waals surface area contributed by atoms with Crippen LogP contribution in [0.4, 0.5) is 0 Å². The highest BCUT2D eigenvalue weighted by Crippen LogP contribution is 2.18. The SMILES string of the molecule is COCCn1c(=O)c2c(ncn2CC(=O)c2ccc(Cl)cc2)n(-c2cccc(Cl)c2)c1=O. The number of benzene rings is 2. The molecule has 32 heavy (non-hydrogen) atoms. The van der Waals surface area contributed by atoms with E-state index >= 15 is 0 Å². The van der Waals surface area contributed by atoms with E-state index in [4.69, 9.17) is 27.9 Å². The Balaban J connectivity index is 1.90. The third-order valence-corrected chi connectivity index (χ3v) is 5.45. The number of aromatic nitrogens is 4. The summed E-state index contributed by atoms with van der Waals surface area (Å²) in [6, 6.07) is 13.1. The summed E-state index contributed by atoms with van der Waals surface area (Å²) in [6.07, 6.45) is 1.38. The summed E-state index contributed by atoms with van der Waals surface area (Å²) < 4.78 is 8.88. The number of ketones is 1. The average Bonchev–Trinajstić information content (AvgIpc) is 3.17. The molecule has 0 unspecified atom stereocenters. The maximum Gasteiger partial charge on any atom is 0.337 e. The van der Waals surface area contributed by atoms with Crippen molar-refractivity contribution in [3.8, 4) is 5.69 Å². The summed E-state index contributed by atoms with van der Waals surface area (Å²) in [4.78, 5) is 43.5. The topological polar surface area (TPSA) is 88.1 Å². The smallest absolute Gasteiger partial charge is 0.337 e. The van der Waals surface area contributed by atoms with Crippen molar-refractivity contribution in [3.05, 3.63) is 91.3 Å². The Bertz CT molecular complexity index is 1420. The maximum absolute atomic E-state index is 13.2. The summed E-state index contributed by atoms with van der Waals surface area (Å²) in [6.45, 7) is 0.0699. The molecule has 0 fully saturated rings. The van der Waals surface area contributed by atoms with Crippen molar-refractivity contribution in [1.82, 2.24) is 18.7 Å². The molecule has 164 valence electrons. The third kappa shape index (κ3) is 4.12. The van der Waals surface area contributed by atoms with Crippen molar-refractivity contribution >= 4 is 40.1 Å². The van der Waals surface area contributed by atoms with Crippen LogP contribution < -0.4 is 11.2 Å². The molecule has 4 aromatic rings. The molecule has 0 atom stereocenters. The van der Waals surface area contributed by atoms with Gasteiger partial charge in [-0.1, -0.05) is 29.3 Å². The van der Waals surface area contributed by atoms with Gasteiger partial charge in [-0.25, -0.2) is 14.3 Å². The quantitative estimate of drug-likeness (QED) is 0.385. The second kappa shape index (κ2) is 9.12. The monoisotopic (exact) mass is 472 g/mol. The van der Waals surface area contributed by atoms with Crippen LogP contribution >= 0.6 is 23.2 Å². The second-order valence-corrected chi connectivity index (χ2v) is 7.90. The summed E-state index contributed by atoms with van der Waals surface area (Å²) in [5, 5.41) is 0.940. The van der Waals surface area contributed by atoms with E-state index in [1.54, 1.807) is 48.5 Å². The Labute approximate surface area is 192 Å². The number of fused-ring (bicyclic) bond motifs is 1. The molecule has 0 aliphatic rings. The molecule has 2 heterocycles. The molecule has 8 nitrogen and oxygen atoms in total. The number of rotatable bonds is 7. The molecule has 0 spiro atoms. The van der Waals surface area contributed by atoms with Crippen LogP contribution in [0.2, 0.25) is 10.0 Å². The van der Waals surface area contributed by atoms with E-state index in [-0.39, 0.29) is 36.6 Å². The number of ether oxygens (including phenoxy) is 1. The number of methoxy groups -OCH3 is 1. The van der Waals surface area contributed by atoms with E-state index in [2.05, 4.69) is 4.98 Å². The van der Waals surface area contributed by atoms with Gasteiger partial charge in [-0.2, -0.15) is 0 Å². The number of imidazole rings is 1. The normalized spacial score (nSPS) is 11.2. The van der Waals surface area contributed by atoms with Gasteiger partial charge in [0.15, 0.2) is 16.9 Å². The molecule has 0 bridgehead atoms. The van der Waals surface area contributed by atoms with Gasteiger partial charge in [0.2, 0.25) is 0 Å². The number of nitrogens with zero attached hydrogens (tertiary/aromatic N) is 4. The number of hydrogen-bond acceptors (Lipinski definition) is 5. The van der Waals surface area contributed by atoms with Gasteiger partial charge in [-0.15, -0.1) is 0 Å². The Hall–Kier alpha value is -3.20. The number of Topliss-reactive ketones (excluding diaryl/α,β-unsaturated/α-hetero) is 1. The van der Waals surface area contributed by atoms with E-state index in [1.807, 2.05) is 0 Å². The molecule has 0 amide bonds. The Morgan fingerprint density at radius 2 is 1.81 bits per heavy atom. The van der Waals surface area contributed by atoms with Crippen LogP contribution in [0.1, 0.15) is 10.4 Å². The lowest BCUT2D eigenvalue weighted by Gasteiger charge is -2.12. The van der Waals surface area contributed by atoms with Gasteiger partial charge in [0.25, 0.3) is 5.56 Å². The van der Waals surface area contributed by atoms with Crippen LogP contribution in [0.5, 0.6) is 0 Å². The standard InChI is InChI=1S/C22H18Cl2N4O4/c1-32-10-9-27-21(30)19-20(28(22(27)31)17-4-2-3-16(24)11-17)25-13-26(19)12-18(29)14-5-7-15(23)8-6-14/h2-8,11,13H,9-10,12H2,1H3. The lowest BCUT2D eigenvalue weighted by Crippen LogP contribution is -2.41. The summed E-state index contributed by atoms with van der Waals surface area (Å²) >= 11 is 12.0. The zero-order valence-electron chi connectivity index (χ0n) is 17.0. The first-order valence-corrected chi connectivity index (χ1v) is 10.4. The third-order valence-electron chi connectivity index (χ3n) is 4.97. The van der Waals surface area contributed by atoms with Crippen LogP contribution in [0.15, 0.2) is 64.4 Å². The lowest BCUT2D eigenvalue weighted by atomic mass is 10.1. The first kappa shape index (κ1) is 22.0. The number of hydrogen-bond donors (Lipinski definition) is 0. The molecule has 10 heteroatoms. The molecular weight excluding hydrogens is 455 g/mol. The van der Waals surface area contributed by atoms with Crippen molar-refractivity contribution in [2.75, 3.05) is 13.7 Å². The molecule has 0 saturated heterocycles. The van der Waals surface area contributed by atoms with E-state index in [0.717, 1.165) is 4.57 Å². The highest BCUT2D eigenvalue weighted by Gasteiger charge is 2.20. The minimum atomic E-state index is -0.573. The molecule has 2 aromatic carbocycles. The van der Waals surface area contributed by atoms with Gasteiger partial charge >= 0.3 is 5.69 Å². The zero-order valence-corrected chi connectivity index (χ0v) is 18.5. The second-order valence-electron chi connectivity index (χ2n) is 7.02. The number of carbonyl (C=O) groups excluding carboxylic acids is 1. The predicted octanol–water partition coefficient (Wildman–Crippen LogP) is 3.19. The van der Waals surface area contributed by atoms with E-state index in [0.29, 0.717) is 21.3 Å². The lowest BCUT2D eigenvalue weighted by molar-refractivity contribution is 0.0973. The molecular formula is C22H18Cl2N4O4. The predicted molar refractivity (Wildman–Crippen MR) is 122 cm³/mol. The van der Waals surface area contributed by atoms with Crippen LogP contribution in [0, 0.1) is 0 Å². The minimum Gasteiger partial charge on any atom is -0.383 e. The molecule has 4 rings (SSSR count). The molecule has 0 aliphatic heterocycles. The van der Waals surface area contributed by atoms with Crippen LogP contribution in [0.25, 0.3) is 16.9 Å². The van der Waals surface area contributed by atoms with Crippen molar-refractivity contribution < 1.29 is 9.53 Å². The van der Waals surface area contributed by atoms with Gasteiger partial charge in [0, 0.05) is 22.7 Å². The van der Waals surface area contributed by atoms with Crippen molar-refractivity contribution in [2.45, 2.75) is 13.1 Å². The van der Waals surface area contributed by atoms with Gasteiger partial charge in [0.05, 0.1) is 31.7 Å². The van der Waals surface area contributed by atoms with Gasteiger partial charge in [-0.3, -0.25) is 14.2 Å². The van der Waals surface area contributed by atoms with E-state index in [9.17, 15) is 14.4 Å². The minimum absolute atomic E-state index is 0.0426. The first-order chi connectivity index (χ1) is 15.4. The first-order valence-electron chi connectivity index (χ1n) is 9.65. The molecule has 2 aromatic heterocycles. The fourth-order valence-corrected chi connectivity index (χ4v) is 3.72. The average molecular weight is 473 g/mol. The Kier molecular flexibility index (Phi) is 6.27. The van der Waals surface area contributed by atoms with Gasteiger partial charge < -0.3 is 9.30 Å². The number of halogens is 2. The highest BCUT2D eigenvalue weighted by molar-refractivity contribution is 6.31. The van der Waals surface area contributed by atoms with Gasteiger partial charge in [-0.05, 0) is 42.5 Å². The zero-order chi connectivity index (χ0) is 22.8. The Morgan fingerprint density at radius 3 is 2.50 bits per heavy atom. The van der Waals surface area contributed by atoms with Crippen molar-refractivity contribution in [2.24, 2.45) is 0 Å². The van der Waals surface area contributed by atoms with Crippen LogP contribution in [-0.4, -0.2) is 38.2 Å². The van der Waals surface area contributed by atoms with Crippen LogP contribution in [0.3, 0.4) is 0 Å². The summed E-state index contributed by atoms with van der Waals surface area (Å²) in [7, 11) is 1.48. The largest absolute Gasteiger partial charge is 0.383 e.